The van der Waals surface area contributed by atoms with Crippen molar-refractivity contribution in [1.29, 1.82) is 0 Å². The van der Waals surface area contributed by atoms with Crippen LogP contribution in [0.1, 0.15) is 30.3 Å². The number of nitrogens with zero attached hydrogens (tertiary/aromatic N) is 2. The van der Waals surface area contributed by atoms with Crippen LogP contribution in [0.3, 0.4) is 0 Å². The lowest BCUT2D eigenvalue weighted by Crippen LogP contribution is -2.12. The predicted molar refractivity (Wildman–Crippen MR) is 61.0 cm³/mol. The average Bonchev–Trinajstić information content (AvgIpc) is 2.78. The fourth-order valence-corrected chi connectivity index (χ4v) is 1.41. The molecule has 1 heterocycles. The predicted octanol–water partition coefficient (Wildman–Crippen LogP) is 1.94. The van der Waals surface area contributed by atoms with Crippen molar-refractivity contribution in [3.63, 3.8) is 0 Å². The van der Waals surface area contributed by atoms with Crippen molar-refractivity contribution in [3.05, 3.63) is 47.7 Å². The largest absolute Gasteiger partial charge is 0.423 e. The second kappa shape index (κ2) is 4.90. The molecule has 0 aliphatic rings. The van der Waals surface area contributed by atoms with E-state index in [1.807, 2.05) is 44.3 Å². The summed E-state index contributed by atoms with van der Waals surface area (Å²) < 4.78 is 5.56. The third kappa shape index (κ3) is 2.46. The highest BCUT2D eigenvalue weighted by Gasteiger charge is 2.11. The van der Waals surface area contributed by atoms with E-state index in [1.54, 1.807) is 0 Å². The molecule has 0 bridgehead atoms. The second-order valence-corrected chi connectivity index (χ2v) is 3.71. The van der Waals surface area contributed by atoms with Gasteiger partial charge in [-0.25, -0.2) is 0 Å². The molecule has 2 rings (SSSR count). The lowest BCUT2D eigenvalue weighted by Gasteiger charge is -2.02. The van der Waals surface area contributed by atoms with Gasteiger partial charge in [0.2, 0.25) is 11.8 Å². The zero-order chi connectivity index (χ0) is 11.4. The molecule has 0 radical (unpaired) electrons. The smallest absolute Gasteiger partial charge is 0.233 e. The zero-order valence-corrected chi connectivity index (χ0v) is 9.47. The number of rotatable bonds is 4. The Labute approximate surface area is 94.7 Å². The third-order valence-electron chi connectivity index (χ3n) is 2.48. The first-order valence-corrected chi connectivity index (χ1v) is 5.33. The Hall–Kier alpha value is -1.68. The maximum absolute atomic E-state index is 5.56. The quantitative estimate of drug-likeness (QED) is 0.850. The lowest BCUT2D eigenvalue weighted by molar-refractivity contribution is 0.410. The van der Waals surface area contributed by atoms with Gasteiger partial charge in [0.15, 0.2) is 0 Å². The van der Waals surface area contributed by atoms with Gasteiger partial charge in [-0.15, -0.1) is 10.2 Å². The summed E-state index contributed by atoms with van der Waals surface area (Å²) in [6.45, 7) is 1.99. The van der Waals surface area contributed by atoms with Crippen molar-refractivity contribution in [2.24, 2.45) is 0 Å². The highest BCUT2D eigenvalue weighted by atomic mass is 16.4. The Morgan fingerprint density at radius 2 is 2.00 bits per heavy atom. The summed E-state index contributed by atoms with van der Waals surface area (Å²) in [5.41, 5.74) is 1.18. The van der Waals surface area contributed by atoms with Gasteiger partial charge in [-0.3, -0.25) is 0 Å². The van der Waals surface area contributed by atoms with Crippen molar-refractivity contribution in [3.8, 4) is 0 Å². The van der Waals surface area contributed by atoms with Crippen molar-refractivity contribution in [1.82, 2.24) is 15.5 Å². The van der Waals surface area contributed by atoms with Crippen molar-refractivity contribution >= 4 is 0 Å². The molecule has 84 valence electrons. The normalized spacial score (nSPS) is 12.6. The van der Waals surface area contributed by atoms with Gasteiger partial charge < -0.3 is 9.73 Å². The van der Waals surface area contributed by atoms with Crippen molar-refractivity contribution in [2.45, 2.75) is 19.4 Å². The third-order valence-corrected chi connectivity index (χ3v) is 2.48. The van der Waals surface area contributed by atoms with E-state index >= 15 is 0 Å². The summed E-state index contributed by atoms with van der Waals surface area (Å²) in [5.74, 6) is 1.29. The van der Waals surface area contributed by atoms with E-state index in [-0.39, 0.29) is 6.04 Å². The number of hydrogen-bond donors (Lipinski definition) is 1. The molecule has 0 saturated heterocycles. The highest BCUT2D eigenvalue weighted by Crippen LogP contribution is 2.12. The maximum Gasteiger partial charge on any atom is 0.233 e. The summed E-state index contributed by atoms with van der Waals surface area (Å²) in [7, 11) is 1.87. The van der Waals surface area contributed by atoms with Gasteiger partial charge in [0.05, 0.1) is 12.5 Å². The van der Waals surface area contributed by atoms with Crippen LogP contribution in [0.2, 0.25) is 0 Å². The minimum Gasteiger partial charge on any atom is -0.423 e. The Balaban J connectivity index is 2.09. The van der Waals surface area contributed by atoms with Gasteiger partial charge >= 0.3 is 0 Å². The molecule has 4 nitrogen and oxygen atoms in total. The molecule has 4 heteroatoms. The summed E-state index contributed by atoms with van der Waals surface area (Å²) >= 11 is 0. The minimum absolute atomic E-state index is 0.0945. The van der Waals surface area contributed by atoms with Gasteiger partial charge in [0, 0.05) is 0 Å². The average molecular weight is 217 g/mol. The van der Waals surface area contributed by atoms with Gasteiger partial charge in [0.1, 0.15) is 0 Å². The van der Waals surface area contributed by atoms with Crippen molar-refractivity contribution in [2.75, 3.05) is 7.05 Å². The summed E-state index contributed by atoms with van der Waals surface area (Å²) in [5, 5.41) is 11.1. The first-order valence-electron chi connectivity index (χ1n) is 5.33. The number of benzene rings is 1. The summed E-state index contributed by atoms with van der Waals surface area (Å²) in [6, 6.07) is 10.2. The van der Waals surface area contributed by atoms with Crippen LogP contribution < -0.4 is 5.32 Å². The van der Waals surface area contributed by atoms with Crippen LogP contribution in [0.4, 0.5) is 0 Å². The molecule has 0 amide bonds. The topological polar surface area (TPSA) is 51.0 Å². The molecule has 0 aliphatic carbocycles. The van der Waals surface area contributed by atoms with E-state index in [1.165, 1.54) is 5.56 Å². The molecule has 1 aromatic heterocycles. The molecule has 1 N–H and O–H groups in total. The first-order chi connectivity index (χ1) is 7.79. The van der Waals surface area contributed by atoms with Crippen LogP contribution in [0.5, 0.6) is 0 Å². The van der Waals surface area contributed by atoms with Crippen LogP contribution in [-0.4, -0.2) is 17.2 Å². The van der Waals surface area contributed by atoms with E-state index in [0.717, 1.165) is 0 Å². The molecular formula is C12H15N3O. The van der Waals surface area contributed by atoms with Gasteiger partial charge in [-0.2, -0.15) is 0 Å². The molecule has 0 fully saturated rings. The molecule has 1 unspecified atom stereocenters. The lowest BCUT2D eigenvalue weighted by atomic mass is 10.2. The van der Waals surface area contributed by atoms with E-state index in [9.17, 15) is 0 Å². The Kier molecular flexibility index (Phi) is 3.31. The van der Waals surface area contributed by atoms with E-state index in [0.29, 0.717) is 18.2 Å². The van der Waals surface area contributed by atoms with Crippen LogP contribution in [0.15, 0.2) is 34.7 Å². The highest BCUT2D eigenvalue weighted by molar-refractivity contribution is 5.17. The van der Waals surface area contributed by atoms with Crippen LogP contribution in [0, 0.1) is 0 Å². The SMILES string of the molecule is CNC(C)c1nnc(Cc2ccccc2)o1. The van der Waals surface area contributed by atoms with Crippen LogP contribution >= 0.6 is 0 Å². The molecule has 0 spiro atoms. The molecular weight excluding hydrogens is 202 g/mol. The zero-order valence-electron chi connectivity index (χ0n) is 9.47. The molecule has 2 aromatic rings. The van der Waals surface area contributed by atoms with Gasteiger partial charge in [-0.05, 0) is 19.5 Å². The first kappa shape index (κ1) is 10.8. The van der Waals surface area contributed by atoms with Crippen LogP contribution in [0.25, 0.3) is 0 Å². The second-order valence-electron chi connectivity index (χ2n) is 3.71. The Morgan fingerprint density at radius 3 is 2.69 bits per heavy atom. The molecule has 1 aromatic carbocycles. The van der Waals surface area contributed by atoms with E-state index < -0.39 is 0 Å². The minimum atomic E-state index is 0.0945. The maximum atomic E-state index is 5.56. The molecule has 1 atom stereocenters. The Bertz CT molecular complexity index is 439. The molecule has 16 heavy (non-hydrogen) atoms. The summed E-state index contributed by atoms with van der Waals surface area (Å²) in [6.07, 6.45) is 0.685. The Morgan fingerprint density at radius 1 is 1.25 bits per heavy atom. The number of nitrogens with one attached hydrogen (secondary N) is 1. The van der Waals surface area contributed by atoms with Gasteiger partial charge in [-0.1, -0.05) is 30.3 Å². The summed E-state index contributed by atoms with van der Waals surface area (Å²) in [4.78, 5) is 0. The fraction of sp³-hybridized carbons (Fsp3) is 0.333. The monoisotopic (exact) mass is 217 g/mol. The standard InChI is InChI=1S/C12H15N3O/c1-9(13-2)12-15-14-11(16-12)8-10-6-4-3-5-7-10/h3-7,9,13H,8H2,1-2H3. The fourth-order valence-electron chi connectivity index (χ4n) is 1.41. The molecule has 0 saturated carbocycles. The van der Waals surface area contributed by atoms with E-state index in [4.69, 9.17) is 4.42 Å². The molecule has 0 aliphatic heterocycles. The number of aromatic nitrogens is 2. The van der Waals surface area contributed by atoms with Gasteiger partial charge in [0.25, 0.3) is 0 Å². The van der Waals surface area contributed by atoms with Crippen molar-refractivity contribution < 1.29 is 4.42 Å². The van der Waals surface area contributed by atoms with Crippen LogP contribution in [-0.2, 0) is 6.42 Å². The van der Waals surface area contributed by atoms with E-state index in [2.05, 4.69) is 15.5 Å². The number of hydrogen-bond acceptors (Lipinski definition) is 4.